The lowest BCUT2D eigenvalue weighted by atomic mass is 10.0. The average molecular weight is 215 g/mol. The van der Waals surface area contributed by atoms with Gasteiger partial charge in [-0.2, -0.15) is 8.42 Å². The molecule has 0 aromatic heterocycles. The van der Waals surface area contributed by atoms with Gasteiger partial charge >= 0.3 is 0 Å². The smallest absolute Gasteiger partial charge is 0.252 e. The Bertz CT molecular complexity index is 448. The highest BCUT2D eigenvalue weighted by molar-refractivity contribution is 7.73. The van der Waals surface area contributed by atoms with Crippen LogP contribution in [-0.2, 0) is 19.8 Å². The first-order valence-corrected chi connectivity index (χ1v) is 4.85. The quantitative estimate of drug-likeness (QED) is 0.622. The monoisotopic (exact) mass is 215 g/mol. The van der Waals surface area contributed by atoms with Gasteiger partial charge in [0.1, 0.15) is 5.76 Å². The lowest BCUT2D eigenvalue weighted by Gasteiger charge is -2.11. The lowest BCUT2D eigenvalue weighted by Crippen LogP contribution is -2.20. The predicted octanol–water partition coefficient (Wildman–Crippen LogP) is -0.616. The van der Waals surface area contributed by atoms with Crippen molar-refractivity contribution in [1.82, 2.24) is 0 Å². The Labute approximate surface area is 82.4 Å². The summed E-state index contributed by atoms with van der Waals surface area (Å²) in [5, 5.41) is 0. The third-order valence-corrected chi connectivity index (χ3v) is 2.47. The van der Waals surface area contributed by atoms with Crippen molar-refractivity contribution >= 4 is 21.1 Å². The second-order valence-corrected chi connectivity index (χ2v) is 3.59. The van der Waals surface area contributed by atoms with Gasteiger partial charge in [0.15, 0.2) is 0 Å². The van der Waals surface area contributed by atoms with Gasteiger partial charge in [0.25, 0.3) is 5.91 Å². The molecule has 0 spiro atoms. The van der Waals surface area contributed by atoms with Crippen molar-refractivity contribution in [2.75, 3.05) is 7.11 Å². The minimum atomic E-state index is -2.32. The zero-order valence-electron chi connectivity index (χ0n) is 7.48. The summed E-state index contributed by atoms with van der Waals surface area (Å²) in [4.78, 5) is 11.0. The van der Waals surface area contributed by atoms with E-state index in [0.717, 1.165) is 0 Å². The van der Waals surface area contributed by atoms with Crippen LogP contribution in [0.15, 0.2) is 23.5 Å². The largest absolute Gasteiger partial charge is 0.496 e. The van der Waals surface area contributed by atoms with Gasteiger partial charge in [-0.3, -0.25) is 4.79 Å². The molecule has 0 bridgehead atoms. The number of allylic oxidation sites excluding steroid dienone is 2. The predicted molar refractivity (Wildman–Crippen MR) is 50.9 cm³/mol. The van der Waals surface area contributed by atoms with Crippen molar-refractivity contribution in [3.8, 4) is 0 Å². The van der Waals surface area contributed by atoms with E-state index in [0.29, 0.717) is 5.76 Å². The molecule has 0 fully saturated rings. The van der Waals surface area contributed by atoms with E-state index in [1.807, 2.05) is 0 Å². The highest BCUT2D eigenvalue weighted by Gasteiger charge is 2.17. The van der Waals surface area contributed by atoms with Crippen LogP contribution < -0.4 is 5.73 Å². The minimum Gasteiger partial charge on any atom is -0.496 e. The van der Waals surface area contributed by atoms with Crippen molar-refractivity contribution in [2.24, 2.45) is 5.73 Å². The van der Waals surface area contributed by atoms with Crippen molar-refractivity contribution in [3.05, 3.63) is 23.5 Å². The molecular formula is C8H9NO4S. The van der Waals surface area contributed by atoms with Gasteiger partial charge < -0.3 is 10.5 Å². The summed E-state index contributed by atoms with van der Waals surface area (Å²) >= 11 is 0. The van der Waals surface area contributed by atoms with Crippen LogP contribution in [0.25, 0.3) is 0 Å². The Morgan fingerprint density at radius 1 is 1.57 bits per heavy atom. The normalized spacial score (nSPS) is 15.6. The fraction of sp³-hybridized carbons (Fsp3) is 0.250. The van der Waals surface area contributed by atoms with E-state index in [2.05, 4.69) is 0 Å². The van der Waals surface area contributed by atoms with Gasteiger partial charge in [-0.05, 0) is 12.2 Å². The molecule has 1 amide bonds. The molecular weight excluding hydrogens is 206 g/mol. The van der Waals surface area contributed by atoms with E-state index in [1.165, 1.54) is 19.3 Å². The van der Waals surface area contributed by atoms with Gasteiger partial charge in [0.05, 0.1) is 17.5 Å². The Morgan fingerprint density at radius 2 is 2.21 bits per heavy atom. The third kappa shape index (κ3) is 2.02. The molecule has 1 aliphatic rings. The lowest BCUT2D eigenvalue weighted by molar-refractivity contribution is -0.114. The number of rotatable bonds is 2. The SMILES string of the molecule is COC1=CCC(=S(=O)=O)C=C1C(N)=O. The van der Waals surface area contributed by atoms with Crippen LogP contribution in [0, 0.1) is 0 Å². The summed E-state index contributed by atoms with van der Waals surface area (Å²) in [7, 11) is -0.933. The molecule has 5 nitrogen and oxygen atoms in total. The maximum Gasteiger partial charge on any atom is 0.252 e. The highest BCUT2D eigenvalue weighted by Crippen LogP contribution is 2.16. The molecule has 0 aliphatic heterocycles. The summed E-state index contributed by atoms with van der Waals surface area (Å²) in [6, 6.07) is 0. The Balaban J connectivity index is 3.23. The van der Waals surface area contributed by atoms with Crippen LogP contribution in [0.5, 0.6) is 0 Å². The van der Waals surface area contributed by atoms with E-state index < -0.39 is 16.2 Å². The van der Waals surface area contributed by atoms with Crippen LogP contribution in [0.3, 0.4) is 0 Å². The van der Waals surface area contributed by atoms with E-state index >= 15 is 0 Å². The molecule has 6 heteroatoms. The first-order chi connectivity index (χ1) is 6.56. The molecule has 0 unspecified atom stereocenters. The van der Waals surface area contributed by atoms with E-state index in [9.17, 15) is 13.2 Å². The zero-order chi connectivity index (χ0) is 10.7. The number of primary amides is 1. The van der Waals surface area contributed by atoms with Crippen molar-refractivity contribution < 1.29 is 17.9 Å². The Morgan fingerprint density at radius 3 is 2.64 bits per heavy atom. The Hall–Kier alpha value is -1.56. The molecule has 0 saturated carbocycles. The summed E-state index contributed by atoms with van der Waals surface area (Å²) in [6.45, 7) is 0. The van der Waals surface area contributed by atoms with Crippen LogP contribution in [-0.4, -0.2) is 26.3 Å². The zero-order valence-corrected chi connectivity index (χ0v) is 8.30. The molecule has 0 saturated heterocycles. The van der Waals surface area contributed by atoms with Crippen molar-refractivity contribution in [3.63, 3.8) is 0 Å². The first-order valence-electron chi connectivity index (χ1n) is 3.77. The molecule has 2 N–H and O–H groups in total. The standard InChI is InChI=1S/C8H9NO4S/c1-13-7-3-2-5(14(11)12)4-6(7)8(9)10/h3-4H,2H2,1H3,(H2,9,10). The van der Waals surface area contributed by atoms with Crippen molar-refractivity contribution in [1.29, 1.82) is 0 Å². The molecule has 0 radical (unpaired) electrons. The molecule has 1 aliphatic carbocycles. The van der Waals surface area contributed by atoms with E-state index in [4.69, 9.17) is 10.5 Å². The van der Waals surface area contributed by atoms with Gasteiger partial charge in [0, 0.05) is 6.42 Å². The second kappa shape index (κ2) is 4.10. The Kier molecular flexibility index (Phi) is 3.08. The van der Waals surface area contributed by atoms with Gasteiger partial charge in [0.2, 0.25) is 10.3 Å². The van der Waals surface area contributed by atoms with Gasteiger partial charge in [-0.1, -0.05) is 0 Å². The van der Waals surface area contributed by atoms with Crippen molar-refractivity contribution in [2.45, 2.75) is 6.42 Å². The van der Waals surface area contributed by atoms with Crippen LogP contribution in [0.4, 0.5) is 0 Å². The average Bonchev–Trinajstić information content (AvgIpc) is 2.16. The molecule has 0 aromatic rings. The molecule has 0 aromatic carbocycles. The molecule has 0 atom stereocenters. The van der Waals surface area contributed by atoms with Crippen LogP contribution in [0.1, 0.15) is 6.42 Å². The minimum absolute atomic E-state index is 0.0814. The maximum atomic E-state index is 10.9. The summed E-state index contributed by atoms with van der Waals surface area (Å²) < 4.78 is 26.1. The van der Waals surface area contributed by atoms with E-state index in [1.54, 1.807) is 0 Å². The van der Waals surface area contributed by atoms with Gasteiger partial charge in [-0.25, -0.2) is 0 Å². The van der Waals surface area contributed by atoms with E-state index in [-0.39, 0.29) is 16.9 Å². The summed E-state index contributed by atoms with van der Waals surface area (Å²) in [5.74, 6) is -0.396. The molecule has 0 heterocycles. The number of amides is 1. The molecule has 1 rings (SSSR count). The number of carbonyl (C=O) groups is 1. The van der Waals surface area contributed by atoms with Gasteiger partial charge in [-0.15, -0.1) is 0 Å². The first kappa shape index (κ1) is 10.5. The topological polar surface area (TPSA) is 86.5 Å². The number of methoxy groups -OCH3 is 1. The third-order valence-electron chi connectivity index (χ3n) is 1.76. The summed E-state index contributed by atoms with van der Waals surface area (Å²) in [5.41, 5.74) is 5.13. The number of nitrogens with two attached hydrogens (primary N) is 1. The number of hydrogen-bond donors (Lipinski definition) is 1. The fourth-order valence-electron chi connectivity index (χ4n) is 1.10. The molecule has 14 heavy (non-hydrogen) atoms. The highest BCUT2D eigenvalue weighted by atomic mass is 32.2. The fourth-order valence-corrected chi connectivity index (χ4v) is 1.53. The molecule has 76 valence electrons. The number of ether oxygens (including phenoxy) is 1. The second-order valence-electron chi connectivity index (χ2n) is 2.60. The summed E-state index contributed by atoms with van der Waals surface area (Å²) in [6.07, 6.45) is 2.95. The maximum absolute atomic E-state index is 10.9. The van der Waals surface area contributed by atoms with Crippen LogP contribution >= 0.6 is 0 Å². The number of carbonyl (C=O) groups excluding carboxylic acids is 1. The van der Waals surface area contributed by atoms with Crippen LogP contribution in [0.2, 0.25) is 0 Å². The number of hydrogen-bond acceptors (Lipinski definition) is 4.